The number of hydrogen-bond acceptors (Lipinski definition) is 5. The van der Waals surface area contributed by atoms with E-state index in [0.29, 0.717) is 27.3 Å². The lowest BCUT2D eigenvalue weighted by Crippen LogP contribution is -2.22. The van der Waals surface area contributed by atoms with E-state index < -0.39 is 6.10 Å². The highest BCUT2D eigenvalue weighted by Crippen LogP contribution is 2.51. The van der Waals surface area contributed by atoms with E-state index in [1.54, 1.807) is 20.1 Å². The third-order valence-electron chi connectivity index (χ3n) is 5.02. The van der Waals surface area contributed by atoms with E-state index >= 15 is 0 Å². The summed E-state index contributed by atoms with van der Waals surface area (Å²) < 4.78 is 20.6. The normalized spacial score (nSPS) is 17.3. The summed E-state index contributed by atoms with van der Waals surface area (Å²) in [5, 5.41) is 10.7. The van der Waals surface area contributed by atoms with Gasteiger partial charge in [-0.2, -0.15) is 0 Å². The van der Waals surface area contributed by atoms with Crippen LogP contribution in [0.2, 0.25) is 0 Å². The van der Waals surface area contributed by atoms with Gasteiger partial charge in [-0.3, -0.25) is 0 Å². The van der Waals surface area contributed by atoms with Crippen molar-refractivity contribution >= 4 is 102 Å². The molecule has 0 bridgehead atoms. The van der Waals surface area contributed by atoms with Crippen molar-refractivity contribution in [2.24, 2.45) is 0 Å². The van der Waals surface area contributed by atoms with Gasteiger partial charge in [0, 0.05) is 20.3 Å². The number of carbonyl (C=O) groups is 1. The van der Waals surface area contributed by atoms with Crippen LogP contribution in [0.25, 0.3) is 5.57 Å². The van der Waals surface area contributed by atoms with Crippen LogP contribution in [-0.4, -0.2) is 30.9 Å². The van der Waals surface area contributed by atoms with Gasteiger partial charge in [0.2, 0.25) is 0 Å². The first kappa shape index (κ1) is 24.7. The molecule has 5 nitrogen and oxygen atoms in total. The zero-order valence-corrected chi connectivity index (χ0v) is 25.5. The molecular formula is C23H16I4O5. The Balaban J connectivity index is 2.12. The highest BCUT2D eigenvalue weighted by Gasteiger charge is 2.36. The molecule has 2 aromatic rings. The lowest BCUT2D eigenvalue weighted by Gasteiger charge is -2.31. The average Bonchev–Trinajstić information content (AvgIpc) is 2.77. The van der Waals surface area contributed by atoms with Crippen molar-refractivity contribution in [2.45, 2.75) is 13.0 Å². The summed E-state index contributed by atoms with van der Waals surface area (Å²) in [4.78, 5) is 12.8. The smallest absolute Gasteiger partial charge is 0.338 e. The van der Waals surface area contributed by atoms with Crippen LogP contribution in [0.1, 0.15) is 28.4 Å². The van der Waals surface area contributed by atoms with Crippen LogP contribution in [0.5, 0.6) is 11.5 Å². The van der Waals surface area contributed by atoms with E-state index in [1.165, 1.54) is 0 Å². The van der Waals surface area contributed by atoms with Crippen molar-refractivity contribution in [3.63, 3.8) is 0 Å². The number of aliphatic hydroxyl groups excluding tert-OH is 1. The van der Waals surface area contributed by atoms with E-state index in [-0.39, 0.29) is 5.97 Å². The zero-order valence-electron chi connectivity index (χ0n) is 16.8. The van der Waals surface area contributed by atoms with E-state index in [1.807, 2.05) is 30.3 Å². The fourth-order valence-corrected chi connectivity index (χ4v) is 7.81. The lowest BCUT2D eigenvalue weighted by molar-refractivity contribution is 0.0526. The van der Waals surface area contributed by atoms with Crippen LogP contribution in [0.15, 0.2) is 54.9 Å². The van der Waals surface area contributed by atoms with Gasteiger partial charge in [0.15, 0.2) is 5.75 Å². The Bertz CT molecular complexity index is 1230. The van der Waals surface area contributed by atoms with Gasteiger partial charge >= 0.3 is 5.97 Å². The van der Waals surface area contributed by atoms with Gasteiger partial charge in [0.1, 0.15) is 17.6 Å². The number of methoxy groups -OCH3 is 1. The summed E-state index contributed by atoms with van der Waals surface area (Å²) in [7, 11) is 1.63. The highest BCUT2D eigenvalue weighted by atomic mass is 127. The van der Waals surface area contributed by atoms with Gasteiger partial charge in [-0.1, -0.05) is 18.2 Å². The van der Waals surface area contributed by atoms with E-state index in [4.69, 9.17) is 14.2 Å². The predicted molar refractivity (Wildman–Crippen MR) is 157 cm³/mol. The number of allylic oxidation sites excluding steroid dienone is 1. The second kappa shape index (κ2) is 10.1. The zero-order chi connectivity index (χ0) is 23.2. The number of rotatable bonds is 4. The molecule has 1 unspecified atom stereocenters. The van der Waals surface area contributed by atoms with Crippen LogP contribution in [-0.2, 0) is 4.74 Å². The Labute approximate surface area is 240 Å². The summed E-state index contributed by atoms with van der Waals surface area (Å²) in [5.74, 6) is 1.57. The SMILES string of the molecule is CCOC(=O)c1ccccc1C1=C2C=C(I)C(O)C(I)=C2Oc2c1cc(I)c(OC)c2I. The van der Waals surface area contributed by atoms with Gasteiger partial charge in [0.25, 0.3) is 0 Å². The maximum Gasteiger partial charge on any atom is 0.338 e. The van der Waals surface area contributed by atoms with Gasteiger partial charge in [0.05, 0.1) is 30.0 Å². The average molecular weight is 880 g/mol. The van der Waals surface area contributed by atoms with Crippen LogP contribution >= 0.6 is 90.4 Å². The van der Waals surface area contributed by atoms with Crippen LogP contribution in [0, 0.1) is 7.14 Å². The Morgan fingerprint density at radius 3 is 2.56 bits per heavy atom. The van der Waals surface area contributed by atoms with E-state index in [2.05, 4.69) is 90.4 Å². The molecule has 0 saturated heterocycles. The molecule has 1 atom stereocenters. The Morgan fingerprint density at radius 1 is 1.16 bits per heavy atom. The molecule has 0 amide bonds. The molecule has 4 rings (SSSR count). The molecule has 2 aliphatic rings. The van der Waals surface area contributed by atoms with Gasteiger partial charge in [-0.05, 0) is 121 Å². The first-order chi connectivity index (χ1) is 15.3. The fourth-order valence-electron chi connectivity index (χ4n) is 3.63. The summed E-state index contributed by atoms with van der Waals surface area (Å²) in [6.07, 6.45) is 1.17. The van der Waals surface area contributed by atoms with Crippen molar-refractivity contribution in [1.29, 1.82) is 0 Å². The molecule has 0 fully saturated rings. The molecule has 0 aromatic heterocycles. The van der Waals surface area contributed by atoms with E-state index in [9.17, 15) is 9.90 Å². The van der Waals surface area contributed by atoms with Crippen LogP contribution in [0.3, 0.4) is 0 Å². The number of aliphatic hydroxyl groups is 1. The summed E-state index contributed by atoms with van der Waals surface area (Å²) in [6.45, 7) is 2.08. The molecule has 0 radical (unpaired) electrons. The Morgan fingerprint density at radius 2 is 1.88 bits per heavy atom. The van der Waals surface area contributed by atoms with Crippen molar-refractivity contribution in [2.75, 3.05) is 13.7 Å². The molecule has 1 N–H and O–H groups in total. The third-order valence-corrected chi connectivity index (χ3v) is 8.78. The van der Waals surface area contributed by atoms with E-state index in [0.717, 1.165) is 38.7 Å². The van der Waals surface area contributed by atoms with Crippen LogP contribution in [0.4, 0.5) is 0 Å². The highest BCUT2D eigenvalue weighted by molar-refractivity contribution is 14.1. The summed E-state index contributed by atoms with van der Waals surface area (Å²) in [5.41, 5.74) is 3.77. The number of fused-ring (bicyclic) bond motifs is 2. The summed E-state index contributed by atoms with van der Waals surface area (Å²) in [6, 6.07) is 9.44. The Hall–Kier alpha value is -0.390. The maximum absolute atomic E-state index is 12.8. The number of hydrogen-bond donors (Lipinski definition) is 1. The standard InChI is InChI=1S/C23H16I4O5/c1-3-31-23(29)11-7-5-4-6-10(11)16-12-8-14(24)19(28)17(26)20(12)32-21-13(16)9-15(25)22(30-2)18(21)27/h4-9,19,28H,3H2,1-2H3. The molecule has 166 valence electrons. The lowest BCUT2D eigenvalue weighted by atomic mass is 9.85. The number of esters is 1. The molecule has 0 spiro atoms. The number of carbonyl (C=O) groups excluding carboxylic acids is 1. The van der Waals surface area contributed by atoms with Crippen molar-refractivity contribution in [3.05, 3.63) is 78.7 Å². The molecule has 1 aliphatic carbocycles. The largest absolute Gasteiger partial charge is 0.494 e. The van der Waals surface area contributed by atoms with Crippen molar-refractivity contribution in [3.8, 4) is 11.5 Å². The van der Waals surface area contributed by atoms with Crippen molar-refractivity contribution in [1.82, 2.24) is 0 Å². The quantitative estimate of drug-likeness (QED) is 0.277. The second-order valence-corrected chi connectivity index (χ2v) is 11.5. The minimum absolute atomic E-state index is 0.290. The number of halogens is 4. The number of benzene rings is 2. The maximum atomic E-state index is 12.8. The van der Waals surface area contributed by atoms with Gasteiger partial charge < -0.3 is 19.3 Å². The Kier molecular flexibility index (Phi) is 7.79. The second-order valence-electron chi connectivity index (χ2n) is 6.85. The van der Waals surface area contributed by atoms with Crippen LogP contribution < -0.4 is 9.47 Å². The first-order valence-corrected chi connectivity index (χ1v) is 13.8. The van der Waals surface area contributed by atoms with Gasteiger partial charge in [-0.25, -0.2) is 4.79 Å². The first-order valence-electron chi connectivity index (χ1n) is 9.50. The van der Waals surface area contributed by atoms with Crippen molar-refractivity contribution < 1.29 is 24.1 Å². The number of ether oxygens (including phenoxy) is 3. The minimum Gasteiger partial charge on any atom is -0.494 e. The summed E-state index contributed by atoms with van der Waals surface area (Å²) >= 11 is 8.74. The molecule has 2 aromatic carbocycles. The topological polar surface area (TPSA) is 65.0 Å². The molecule has 1 heterocycles. The fraction of sp³-hybridized carbons (Fsp3) is 0.174. The molecule has 0 saturated carbocycles. The van der Waals surface area contributed by atoms with Gasteiger partial charge in [-0.15, -0.1) is 0 Å². The minimum atomic E-state index is -0.749. The molecule has 1 aliphatic heterocycles. The molecule has 32 heavy (non-hydrogen) atoms. The molecule has 9 heteroatoms. The third kappa shape index (κ3) is 4.24. The molecular weight excluding hydrogens is 864 g/mol. The monoisotopic (exact) mass is 880 g/mol. The predicted octanol–water partition coefficient (Wildman–Crippen LogP) is 6.62.